The first-order chi connectivity index (χ1) is 8.54. The summed E-state index contributed by atoms with van der Waals surface area (Å²) in [5.41, 5.74) is 2.34. The molecule has 0 aliphatic heterocycles. The zero-order valence-corrected chi connectivity index (χ0v) is 12.2. The smallest absolute Gasteiger partial charge is 0.124 e. The molecule has 1 aromatic carbocycles. The number of halogens is 1. The predicted molar refractivity (Wildman–Crippen MR) is 78.4 cm³/mol. The van der Waals surface area contributed by atoms with E-state index in [2.05, 4.69) is 44.8 Å². The average Bonchev–Trinajstić information content (AvgIpc) is 2.33. The van der Waals surface area contributed by atoms with Gasteiger partial charge in [-0.05, 0) is 38.4 Å². The van der Waals surface area contributed by atoms with Gasteiger partial charge in [0, 0.05) is 16.6 Å². The van der Waals surface area contributed by atoms with Crippen molar-refractivity contribution in [3.8, 4) is 5.75 Å². The molecule has 18 heavy (non-hydrogen) atoms. The standard InChI is InChI=1S/C15H22ClNO/c1-5-8-17-13(4)14-7-6-11(2)9-15(14)18-10-12(3)16/h6-7,9,13,17H,3,5,8,10H2,1-2,4H3. The number of hydrogen-bond acceptors (Lipinski definition) is 2. The molecule has 0 spiro atoms. The van der Waals surface area contributed by atoms with E-state index in [0.717, 1.165) is 24.3 Å². The van der Waals surface area contributed by atoms with Crippen LogP contribution in [0.1, 0.15) is 37.4 Å². The lowest BCUT2D eigenvalue weighted by Gasteiger charge is -2.18. The molecule has 2 nitrogen and oxygen atoms in total. The first-order valence-electron chi connectivity index (χ1n) is 6.34. The fourth-order valence-electron chi connectivity index (χ4n) is 1.75. The van der Waals surface area contributed by atoms with Crippen molar-refractivity contribution in [2.75, 3.05) is 13.2 Å². The van der Waals surface area contributed by atoms with Crippen molar-refractivity contribution in [2.24, 2.45) is 0 Å². The van der Waals surface area contributed by atoms with Crippen molar-refractivity contribution in [3.05, 3.63) is 40.9 Å². The van der Waals surface area contributed by atoms with Gasteiger partial charge < -0.3 is 10.1 Å². The van der Waals surface area contributed by atoms with E-state index >= 15 is 0 Å². The van der Waals surface area contributed by atoms with E-state index in [9.17, 15) is 0 Å². The SMILES string of the molecule is C=C(Cl)COc1cc(C)ccc1C(C)NCCC. The summed E-state index contributed by atoms with van der Waals surface area (Å²) in [5, 5.41) is 3.97. The number of rotatable bonds is 7. The topological polar surface area (TPSA) is 21.3 Å². The Morgan fingerprint density at radius 3 is 2.83 bits per heavy atom. The molecule has 1 aromatic rings. The molecule has 0 aliphatic carbocycles. The Bertz CT molecular complexity index is 403. The zero-order chi connectivity index (χ0) is 13.5. The van der Waals surface area contributed by atoms with E-state index in [4.69, 9.17) is 16.3 Å². The van der Waals surface area contributed by atoms with Gasteiger partial charge in [-0.25, -0.2) is 0 Å². The van der Waals surface area contributed by atoms with Crippen molar-refractivity contribution >= 4 is 11.6 Å². The van der Waals surface area contributed by atoms with Crippen molar-refractivity contribution in [2.45, 2.75) is 33.2 Å². The second kappa shape index (κ2) is 7.45. The molecule has 0 saturated heterocycles. The summed E-state index contributed by atoms with van der Waals surface area (Å²) in [4.78, 5) is 0. The van der Waals surface area contributed by atoms with Gasteiger partial charge in [-0.15, -0.1) is 0 Å². The van der Waals surface area contributed by atoms with Crippen LogP contribution in [0.4, 0.5) is 0 Å². The van der Waals surface area contributed by atoms with Crippen LogP contribution < -0.4 is 10.1 Å². The molecule has 0 fully saturated rings. The summed E-state index contributed by atoms with van der Waals surface area (Å²) in [5.74, 6) is 0.882. The maximum Gasteiger partial charge on any atom is 0.124 e. The van der Waals surface area contributed by atoms with Gasteiger partial charge in [-0.2, -0.15) is 0 Å². The first-order valence-corrected chi connectivity index (χ1v) is 6.72. The Labute approximate surface area is 115 Å². The Morgan fingerprint density at radius 2 is 2.22 bits per heavy atom. The third kappa shape index (κ3) is 4.71. The Balaban J connectivity index is 2.84. The van der Waals surface area contributed by atoms with Crippen LogP contribution in [0.2, 0.25) is 0 Å². The molecule has 0 bridgehead atoms. The average molecular weight is 268 g/mol. The summed E-state index contributed by atoms with van der Waals surface area (Å²) in [6.45, 7) is 11.3. The molecule has 0 saturated carbocycles. The quantitative estimate of drug-likeness (QED) is 0.800. The van der Waals surface area contributed by atoms with Crippen molar-refractivity contribution in [3.63, 3.8) is 0 Å². The normalized spacial score (nSPS) is 12.2. The van der Waals surface area contributed by atoms with E-state index in [-0.39, 0.29) is 6.04 Å². The minimum absolute atomic E-state index is 0.268. The fraction of sp³-hybridized carbons (Fsp3) is 0.467. The van der Waals surface area contributed by atoms with Gasteiger partial charge in [0.1, 0.15) is 12.4 Å². The van der Waals surface area contributed by atoms with Crippen molar-refractivity contribution in [1.82, 2.24) is 5.32 Å². The van der Waals surface area contributed by atoms with E-state index in [1.807, 2.05) is 6.07 Å². The third-order valence-electron chi connectivity index (χ3n) is 2.72. The minimum atomic E-state index is 0.268. The van der Waals surface area contributed by atoms with E-state index in [1.54, 1.807) is 0 Å². The van der Waals surface area contributed by atoms with Crippen LogP contribution >= 0.6 is 11.6 Å². The van der Waals surface area contributed by atoms with Crippen LogP contribution in [0.5, 0.6) is 5.75 Å². The summed E-state index contributed by atoms with van der Waals surface area (Å²) in [6, 6.07) is 6.51. The number of hydrogen-bond donors (Lipinski definition) is 1. The highest BCUT2D eigenvalue weighted by molar-refractivity contribution is 6.29. The zero-order valence-electron chi connectivity index (χ0n) is 11.4. The largest absolute Gasteiger partial charge is 0.488 e. The van der Waals surface area contributed by atoms with Crippen LogP contribution in [-0.2, 0) is 0 Å². The van der Waals surface area contributed by atoms with Gasteiger partial charge in [0.15, 0.2) is 0 Å². The molecule has 3 heteroatoms. The second-order valence-corrected chi connectivity index (χ2v) is 5.06. The van der Waals surface area contributed by atoms with Gasteiger partial charge in [-0.3, -0.25) is 0 Å². The summed E-state index contributed by atoms with van der Waals surface area (Å²) < 4.78 is 5.71. The number of benzene rings is 1. The highest BCUT2D eigenvalue weighted by Crippen LogP contribution is 2.27. The highest BCUT2D eigenvalue weighted by Gasteiger charge is 2.11. The van der Waals surface area contributed by atoms with Gasteiger partial charge in [0.25, 0.3) is 0 Å². The Hall–Kier alpha value is -0.990. The minimum Gasteiger partial charge on any atom is -0.488 e. The number of aryl methyl sites for hydroxylation is 1. The monoisotopic (exact) mass is 267 g/mol. The van der Waals surface area contributed by atoms with Gasteiger partial charge in [0.2, 0.25) is 0 Å². The highest BCUT2D eigenvalue weighted by atomic mass is 35.5. The molecule has 0 aromatic heterocycles. The second-order valence-electron chi connectivity index (χ2n) is 4.52. The third-order valence-corrected chi connectivity index (χ3v) is 2.83. The van der Waals surface area contributed by atoms with Crippen LogP contribution in [0, 0.1) is 6.92 Å². The first kappa shape index (κ1) is 15.1. The van der Waals surface area contributed by atoms with Crippen molar-refractivity contribution in [1.29, 1.82) is 0 Å². The molecule has 0 heterocycles. The lowest BCUT2D eigenvalue weighted by molar-refractivity contribution is 0.350. The molecule has 100 valence electrons. The maximum absolute atomic E-state index is 5.75. The van der Waals surface area contributed by atoms with Gasteiger partial charge in [0.05, 0.1) is 0 Å². The molecule has 1 unspecified atom stereocenters. The molecule has 0 amide bonds. The maximum atomic E-state index is 5.75. The van der Waals surface area contributed by atoms with E-state index < -0.39 is 0 Å². The molecular weight excluding hydrogens is 246 g/mol. The summed E-state index contributed by atoms with van der Waals surface area (Å²) >= 11 is 5.75. The van der Waals surface area contributed by atoms with Crippen molar-refractivity contribution < 1.29 is 4.74 Å². The van der Waals surface area contributed by atoms with Crippen LogP contribution in [0.25, 0.3) is 0 Å². The fourth-order valence-corrected chi connectivity index (χ4v) is 1.81. The molecule has 0 radical (unpaired) electrons. The van der Waals surface area contributed by atoms with E-state index in [1.165, 1.54) is 5.56 Å². The van der Waals surface area contributed by atoms with Crippen LogP contribution in [-0.4, -0.2) is 13.2 Å². The van der Waals surface area contributed by atoms with Crippen LogP contribution in [0.3, 0.4) is 0 Å². The van der Waals surface area contributed by atoms with E-state index in [0.29, 0.717) is 11.6 Å². The molecule has 1 atom stereocenters. The lowest BCUT2D eigenvalue weighted by atomic mass is 10.0. The molecular formula is C15H22ClNO. The molecule has 0 aliphatic rings. The van der Waals surface area contributed by atoms with Gasteiger partial charge >= 0.3 is 0 Å². The van der Waals surface area contributed by atoms with Crippen LogP contribution in [0.15, 0.2) is 29.8 Å². The molecule has 1 rings (SSSR count). The summed E-state index contributed by atoms with van der Waals surface area (Å²) in [6.07, 6.45) is 1.12. The number of nitrogens with one attached hydrogen (secondary N) is 1. The number of ether oxygens (including phenoxy) is 1. The molecule has 1 N–H and O–H groups in total. The summed E-state index contributed by atoms with van der Waals surface area (Å²) in [7, 11) is 0. The Morgan fingerprint density at radius 1 is 1.50 bits per heavy atom. The van der Waals surface area contributed by atoms with Gasteiger partial charge in [-0.1, -0.05) is 37.2 Å². The lowest BCUT2D eigenvalue weighted by Crippen LogP contribution is -2.20. The predicted octanol–water partition coefficient (Wildman–Crippen LogP) is 4.19. The Kier molecular flexibility index (Phi) is 6.23.